The van der Waals surface area contributed by atoms with Crippen LogP contribution < -0.4 is 10.4 Å². The highest BCUT2D eigenvalue weighted by atomic mass is 19.4. The summed E-state index contributed by atoms with van der Waals surface area (Å²) in [4.78, 5) is 23.1. The van der Waals surface area contributed by atoms with E-state index in [0.29, 0.717) is 12.8 Å². The Morgan fingerprint density at radius 3 is 2.32 bits per heavy atom. The van der Waals surface area contributed by atoms with Crippen LogP contribution in [-0.4, -0.2) is 11.9 Å². The molecular weight excluding hydrogens is 299 g/mol. The molecule has 0 radical (unpaired) electrons. The van der Waals surface area contributed by atoms with E-state index in [-0.39, 0.29) is 29.7 Å². The second-order valence-corrected chi connectivity index (χ2v) is 4.98. The first-order valence-electron chi connectivity index (χ1n) is 6.71. The minimum atomic E-state index is -4.51. The molecule has 118 valence electrons. The first-order valence-corrected chi connectivity index (χ1v) is 6.71. The number of nitrogens with one attached hydrogen (secondary N) is 1. The standard InChI is InChI=1S/C15H14F3NO3/c16-15(17,18)9-4-3-5-10(8-9)19-13(20)11-6-1-2-7-12(11)14(21)22/h3-5,8H,1-2,6-7H2,(H,19,20)(H,21,22)/p-1. The van der Waals surface area contributed by atoms with Gasteiger partial charge in [-0.1, -0.05) is 6.07 Å². The van der Waals surface area contributed by atoms with E-state index < -0.39 is 23.6 Å². The van der Waals surface area contributed by atoms with Gasteiger partial charge in [0.05, 0.1) is 11.5 Å². The summed E-state index contributed by atoms with van der Waals surface area (Å²) in [5.41, 5.74) is -0.918. The molecule has 0 saturated heterocycles. The molecule has 1 aliphatic rings. The summed E-state index contributed by atoms with van der Waals surface area (Å²) in [5, 5.41) is 13.3. The van der Waals surface area contributed by atoms with Gasteiger partial charge in [-0.3, -0.25) is 4.79 Å². The molecule has 22 heavy (non-hydrogen) atoms. The van der Waals surface area contributed by atoms with Gasteiger partial charge < -0.3 is 15.2 Å². The van der Waals surface area contributed by atoms with Crippen LogP contribution >= 0.6 is 0 Å². The zero-order valence-corrected chi connectivity index (χ0v) is 11.5. The number of hydrogen-bond acceptors (Lipinski definition) is 3. The van der Waals surface area contributed by atoms with E-state index in [1.165, 1.54) is 12.1 Å². The lowest BCUT2D eigenvalue weighted by atomic mass is 9.91. The van der Waals surface area contributed by atoms with Gasteiger partial charge in [0.25, 0.3) is 5.91 Å². The van der Waals surface area contributed by atoms with E-state index >= 15 is 0 Å². The smallest absolute Gasteiger partial charge is 0.416 e. The number of carbonyl (C=O) groups is 2. The van der Waals surface area contributed by atoms with Gasteiger partial charge >= 0.3 is 6.18 Å². The number of rotatable bonds is 3. The average molecular weight is 312 g/mol. The zero-order valence-electron chi connectivity index (χ0n) is 11.5. The molecule has 1 aromatic rings. The van der Waals surface area contributed by atoms with Gasteiger partial charge in [0.1, 0.15) is 0 Å². The van der Waals surface area contributed by atoms with Crippen LogP contribution in [-0.2, 0) is 15.8 Å². The summed E-state index contributed by atoms with van der Waals surface area (Å²) in [7, 11) is 0. The molecule has 7 heteroatoms. The third-order valence-electron chi connectivity index (χ3n) is 3.44. The maximum absolute atomic E-state index is 12.6. The SMILES string of the molecule is O=C([O-])C1=C(C(=O)Nc2cccc(C(F)(F)F)c2)CCCC1. The van der Waals surface area contributed by atoms with Crippen molar-refractivity contribution in [2.45, 2.75) is 31.9 Å². The third kappa shape index (κ3) is 3.66. The minimum Gasteiger partial charge on any atom is -0.545 e. The van der Waals surface area contributed by atoms with Crippen molar-refractivity contribution < 1.29 is 27.9 Å². The first kappa shape index (κ1) is 16.1. The third-order valence-corrected chi connectivity index (χ3v) is 3.44. The quantitative estimate of drug-likeness (QED) is 0.931. The van der Waals surface area contributed by atoms with Gasteiger partial charge in [0.15, 0.2) is 0 Å². The van der Waals surface area contributed by atoms with Gasteiger partial charge in [-0.2, -0.15) is 13.2 Å². The molecule has 4 nitrogen and oxygen atoms in total. The zero-order chi connectivity index (χ0) is 16.3. The van der Waals surface area contributed by atoms with E-state index in [9.17, 15) is 27.9 Å². The number of carboxylic acid groups (broad SMARTS) is 1. The lowest BCUT2D eigenvalue weighted by molar-refractivity contribution is -0.299. The molecule has 0 unspecified atom stereocenters. The van der Waals surface area contributed by atoms with Crippen molar-refractivity contribution in [1.29, 1.82) is 0 Å². The minimum absolute atomic E-state index is 0.0319. The van der Waals surface area contributed by atoms with Crippen LogP contribution in [0.1, 0.15) is 31.2 Å². The van der Waals surface area contributed by atoms with Crippen molar-refractivity contribution >= 4 is 17.6 Å². The van der Waals surface area contributed by atoms with Crippen LogP contribution in [0.3, 0.4) is 0 Å². The number of carboxylic acids is 1. The summed E-state index contributed by atoms with van der Waals surface area (Å²) >= 11 is 0. The van der Waals surface area contributed by atoms with Gasteiger partial charge in [0.2, 0.25) is 0 Å². The van der Waals surface area contributed by atoms with Crippen LogP contribution in [0.2, 0.25) is 0 Å². The predicted octanol–water partition coefficient (Wildman–Crippen LogP) is 2.26. The molecule has 1 aromatic carbocycles. The molecule has 1 N–H and O–H groups in total. The van der Waals surface area contributed by atoms with Crippen molar-refractivity contribution in [3.05, 3.63) is 41.0 Å². The number of amides is 1. The number of benzene rings is 1. The highest BCUT2D eigenvalue weighted by Crippen LogP contribution is 2.31. The Bertz CT molecular complexity index is 635. The molecule has 1 amide bonds. The van der Waals surface area contributed by atoms with Crippen LogP contribution in [0.25, 0.3) is 0 Å². The number of halogens is 3. The lowest BCUT2D eigenvalue weighted by Crippen LogP contribution is -2.30. The molecule has 0 atom stereocenters. The topological polar surface area (TPSA) is 69.2 Å². The van der Waals surface area contributed by atoms with E-state index in [0.717, 1.165) is 12.1 Å². The highest BCUT2D eigenvalue weighted by molar-refractivity contribution is 6.08. The van der Waals surface area contributed by atoms with Crippen LogP contribution in [0, 0.1) is 0 Å². The maximum atomic E-state index is 12.6. The van der Waals surface area contributed by atoms with Gasteiger partial charge in [-0.15, -0.1) is 0 Å². The lowest BCUT2D eigenvalue weighted by Gasteiger charge is -2.20. The fourth-order valence-corrected chi connectivity index (χ4v) is 2.36. The summed E-state index contributed by atoms with van der Waals surface area (Å²) in [5.74, 6) is -2.10. The highest BCUT2D eigenvalue weighted by Gasteiger charge is 2.30. The summed E-state index contributed by atoms with van der Waals surface area (Å²) in [6.07, 6.45) is -2.71. The van der Waals surface area contributed by atoms with Crippen molar-refractivity contribution in [3.8, 4) is 0 Å². The number of hydrogen-bond donors (Lipinski definition) is 1. The van der Waals surface area contributed by atoms with Crippen molar-refractivity contribution in [2.75, 3.05) is 5.32 Å². The van der Waals surface area contributed by atoms with Crippen LogP contribution in [0.5, 0.6) is 0 Å². The molecule has 0 bridgehead atoms. The Morgan fingerprint density at radius 1 is 1.09 bits per heavy atom. The van der Waals surface area contributed by atoms with Crippen molar-refractivity contribution in [1.82, 2.24) is 0 Å². The second kappa shape index (κ2) is 6.21. The first-order chi connectivity index (χ1) is 10.3. The van der Waals surface area contributed by atoms with E-state index in [4.69, 9.17) is 0 Å². The molecule has 0 saturated carbocycles. The Balaban J connectivity index is 2.23. The molecule has 1 aliphatic carbocycles. The molecular formula is C15H13F3NO3-. The summed E-state index contributed by atoms with van der Waals surface area (Å²) in [6, 6.07) is 4.19. The Hall–Kier alpha value is -2.31. The van der Waals surface area contributed by atoms with E-state index in [1.807, 2.05) is 0 Å². The van der Waals surface area contributed by atoms with Gasteiger partial charge in [-0.25, -0.2) is 0 Å². The number of alkyl halides is 3. The Morgan fingerprint density at radius 2 is 1.73 bits per heavy atom. The summed E-state index contributed by atoms with van der Waals surface area (Å²) < 4.78 is 37.9. The normalized spacial score (nSPS) is 15.6. The van der Waals surface area contributed by atoms with Crippen LogP contribution in [0.15, 0.2) is 35.4 Å². The van der Waals surface area contributed by atoms with Gasteiger partial charge in [0, 0.05) is 11.3 Å². The van der Waals surface area contributed by atoms with Gasteiger partial charge in [-0.05, 0) is 49.5 Å². The predicted molar refractivity (Wildman–Crippen MR) is 70.6 cm³/mol. The maximum Gasteiger partial charge on any atom is 0.416 e. The fourth-order valence-electron chi connectivity index (χ4n) is 2.36. The largest absolute Gasteiger partial charge is 0.545 e. The monoisotopic (exact) mass is 312 g/mol. The Labute approximate surface area is 124 Å². The number of carbonyl (C=O) groups excluding carboxylic acids is 2. The molecule has 0 fully saturated rings. The van der Waals surface area contributed by atoms with Crippen molar-refractivity contribution in [2.24, 2.45) is 0 Å². The molecule has 0 spiro atoms. The second-order valence-electron chi connectivity index (χ2n) is 4.98. The van der Waals surface area contributed by atoms with Crippen molar-refractivity contribution in [3.63, 3.8) is 0 Å². The summed E-state index contributed by atoms with van der Waals surface area (Å²) in [6.45, 7) is 0. The average Bonchev–Trinajstić information content (AvgIpc) is 2.46. The fraction of sp³-hybridized carbons (Fsp3) is 0.333. The number of aliphatic carboxylic acids is 1. The van der Waals surface area contributed by atoms with Crippen LogP contribution in [0.4, 0.5) is 18.9 Å². The molecule has 0 aromatic heterocycles. The molecule has 0 aliphatic heterocycles. The number of anilines is 1. The van der Waals surface area contributed by atoms with E-state index in [2.05, 4.69) is 5.32 Å². The Kier molecular flexibility index (Phi) is 4.54. The molecule has 2 rings (SSSR count). The van der Waals surface area contributed by atoms with E-state index in [1.54, 1.807) is 0 Å². The molecule has 0 heterocycles.